The first kappa shape index (κ1) is 14.7. The molecule has 23 heavy (non-hydrogen) atoms. The van der Waals surface area contributed by atoms with Gasteiger partial charge in [-0.1, -0.05) is 0 Å². The van der Waals surface area contributed by atoms with Gasteiger partial charge < -0.3 is 5.73 Å². The molecule has 3 aromatic rings. The molecule has 3 rings (SSSR count). The Hall–Kier alpha value is -3.19. The highest BCUT2D eigenvalue weighted by Gasteiger charge is 2.16. The topological polar surface area (TPSA) is 112 Å². The maximum absolute atomic E-state index is 7.16. The lowest BCUT2D eigenvalue weighted by Crippen LogP contribution is -2.05. The average Bonchev–Trinajstić information content (AvgIpc) is 3.06. The van der Waals surface area contributed by atoms with Gasteiger partial charge in [-0.05, 0) is 31.4 Å². The molecule has 10 heteroatoms. The predicted octanol–water partition coefficient (Wildman–Crippen LogP) is 3.28. The van der Waals surface area contributed by atoms with Gasteiger partial charge in [-0.2, -0.15) is 9.78 Å². The monoisotopic (exact) mass is 325 g/mol. The van der Waals surface area contributed by atoms with Gasteiger partial charge >= 0.3 is 0 Å². The number of rotatable bonds is 3. The van der Waals surface area contributed by atoms with E-state index in [0.717, 1.165) is 11.5 Å². The van der Waals surface area contributed by atoms with Crippen LogP contribution in [0, 0.1) is 20.4 Å². The van der Waals surface area contributed by atoms with Gasteiger partial charge in [-0.25, -0.2) is 19.2 Å². The Bertz CT molecular complexity index is 917. The summed E-state index contributed by atoms with van der Waals surface area (Å²) >= 11 is 1.12. The van der Waals surface area contributed by atoms with Crippen LogP contribution < -0.4 is 5.73 Å². The SMILES string of the molecule is [C-]#[N+]c1c(C)nsc1/N=N/c1c(C)nn(-c2ncccn2)c1N. The van der Waals surface area contributed by atoms with E-state index in [1.165, 1.54) is 4.68 Å². The summed E-state index contributed by atoms with van der Waals surface area (Å²) in [5, 5.41) is 12.9. The zero-order valence-electron chi connectivity index (χ0n) is 12.3. The van der Waals surface area contributed by atoms with Crippen molar-refractivity contribution in [1.29, 1.82) is 0 Å². The average molecular weight is 325 g/mol. The Morgan fingerprint density at radius 3 is 2.65 bits per heavy atom. The van der Waals surface area contributed by atoms with Gasteiger partial charge in [-0.15, -0.1) is 10.2 Å². The van der Waals surface area contributed by atoms with Crippen molar-refractivity contribution >= 4 is 33.7 Å². The maximum atomic E-state index is 7.16. The van der Waals surface area contributed by atoms with E-state index in [2.05, 4.69) is 34.5 Å². The van der Waals surface area contributed by atoms with Crippen LogP contribution in [-0.4, -0.2) is 24.1 Å². The molecule has 2 N–H and O–H groups in total. The lowest BCUT2D eigenvalue weighted by Gasteiger charge is -2.00. The first-order valence-electron chi connectivity index (χ1n) is 6.49. The Kier molecular flexibility index (Phi) is 3.78. The van der Waals surface area contributed by atoms with Crippen LogP contribution in [0.4, 0.5) is 22.2 Å². The van der Waals surface area contributed by atoms with Crippen molar-refractivity contribution < 1.29 is 0 Å². The van der Waals surface area contributed by atoms with Crippen molar-refractivity contribution in [3.63, 3.8) is 0 Å². The van der Waals surface area contributed by atoms with Gasteiger partial charge in [0.1, 0.15) is 0 Å². The molecule has 3 heterocycles. The molecule has 0 aliphatic heterocycles. The highest BCUT2D eigenvalue weighted by Crippen LogP contribution is 2.37. The molecule has 114 valence electrons. The Labute approximate surface area is 135 Å². The number of azo groups is 1. The normalized spacial score (nSPS) is 11.0. The number of nitrogens with two attached hydrogens (primary N) is 1. The van der Waals surface area contributed by atoms with Crippen molar-refractivity contribution in [2.24, 2.45) is 10.2 Å². The summed E-state index contributed by atoms with van der Waals surface area (Å²) in [6.07, 6.45) is 3.20. The van der Waals surface area contributed by atoms with Crippen LogP contribution in [0.1, 0.15) is 11.4 Å². The van der Waals surface area contributed by atoms with E-state index in [0.29, 0.717) is 33.7 Å². The van der Waals surface area contributed by atoms with Gasteiger partial charge in [-0.3, -0.25) is 0 Å². The van der Waals surface area contributed by atoms with Crippen LogP contribution in [-0.2, 0) is 0 Å². The van der Waals surface area contributed by atoms with E-state index in [1.54, 1.807) is 32.3 Å². The molecular formula is C13H11N9S. The minimum Gasteiger partial charge on any atom is -0.382 e. The van der Waals surface area contributed by atoms with Crippen LogP contribution >= 0.6 is 11.5 Å². The minimum absolute atomic E-state index is 0.281. The zero-order chi connectivity index (χ0) is 16.4. The fraction of sp³-hybridized carbons (Fsp3) is 0.154. The Morgan fingerprint density at radius 2 is 1.96 bits per heavy atom. The Morgan fingerprint density at radius 1 is 1.22 bits per heavy atom. The molecule has 9 nitrogen and oxygen atoms in total. The van der Waals surface area contributed by atoms with Crippen LogP contribution in [0.15, 0.2) is 28.7 Å². The van der Waals surface area contributed by atoms with E-state index < -0.39 is 0 Å². The molecule has 0 amide bonds. The molecule has 0 saturated heterocycles. The maximum Gasteiger partial charge on any atom is 0.252 e. The van der Waals surface area contributed by atoms with Crippen molar-refractivity contribution in [3.05, 3.63) is 41.3 Å². The van der Waals surface area contributed by atoms with Gasteiger partial charge in [0, 0.05) is 12.4 Å². The highest BCUT2D eigenvalue weighted by molar-refractivity contribution is 7.10. The molecule has 0 radical (unpaired) electrons. The molecule has 0 saturated carbocycles. The van der Waals surface area contributed by atoms with E-state index in [9.17, 15) is 0 Å². The molecule has 0 bridgehead atoms. The molecule has 0 aromatic carbocycles. The van der Waals surface area contributed by atoms with Crippen LogP contribution in [0.5, 0.6) is 0 Å². The first-order chi connectivity index (χ1) is 11.1. The predicted molar refractivity (Wildman–Crippen MR) is 85.6 cm³/mol. The number of aryl methyl sites for hydroxylation is 2. The molecule has 3 aromatic heterocycles. The second kappa shape index (κ2) is 5.90. The summed E-state index contributed by atoms with van der Waals surface area (Å²) in [6, 6.07) is 1.70. The van der Waals surface area contributed by atoms with Gasteiger partial charge in [0.25, 0.3) is 5.95 Å². The summed E-state index contributed by atoms with van der Waals surface area (Å²) in [5.41, 5.74) is 8.11. The summed E-state index contributed by atoms with van der Waals surface area (Å²) in [5.74, 6) is 0.632. The smallest absolute Gasteiger partial charge is 0.252 e. The third kappa shape index (κ3) is 2.65. The summed E-state index contributed by atoms with van der Waals surface area (Å²) in [6.45, 7) is 10.7. The van der Waals surface area contributed by atoms with Gasteiger partial charge in [0.05, 0.1) is 18.0 Å². The van der Waals surface area contributed by atoms with E-state index in [4.69, 9.17) is 12.3 Å². The molecule has 0 unspecified atom stereocenters. The lowest BCUT2D eigenvalue weighted by atomic mass is 10.4. The van der Waals surface area contributed by atoms with E-state index in [1.807, 2.05) is 0 Å². The summed E-state index contributed by atoms with van der Waals surface area (Å²) < 4.78 is 5.50. The molecule has 0 spiro atoms. The number of nitrogens with zero attached hydrogens (tertiary/aromatic N) is 8. The number of aromatic nitrogens is 5. The third-order valence-corrected chi connectivity index (χ3v) is 3.79. The van der Waals surface area contributed by atoms with Crippen LogP contribution in [0.2, 0.25) is 0 Å². The second-order valence-corrected chi connectivity index (χ2v) is 5.27. The second-order valence-electron chi connectivity index (χ2n) is 4.51. The fourth-order valence-electron chi connectivity index (χ4n) is 1.86. The Balaban J connectivity index is 2.00. The van der Waals surface area contributed by atoms with Crippen LogP contribution in [0.3, 0.4) is 0 Å². The quantitative estimate of drug-likeness (QED) is 0.586. The molecule has 0 atom stereocenters. The molecule has 0 fully saturated rings. The molecule has 0 aliphatic carbocycles. The number of nitrogen functional groups attached to an aromatic ring is 1. The van der Waals surface area contributed by atoms with Crippen LogP contribution in [0.25, 0.3) is 10.8 Å². The summed E-state index contributed by atoms with van der Waals surface area (Å²) in [4.78, 5) is 11.6. The van der Waals surface area contributed by atoms with Crippen molar-refractivity contribution in [2.45, 2.75) is 13.8 Å². The van der Waals surface area contributed by atoms with E-state index >= 15 is 0 Å². The number of anilines is 1. The summed E-state index contributed by atoms with van der Waals surface area (Å²) in [7, 11) is 0. The molecule has 0 aliphatic rings. The minimum atomic E-state index is 0.281. The zero-order valence-corrected chi connectivity index (χ0v) is 13.1. The highest BCUT2D eigenvalue weighted by atomic mass is 32.1. The number of hydrogen-bond donors (Lipinski definition) is 1. The van der Waals surface area contributed by atoms with Gasteiger partial charge in [0.15, 0.2) is 16.5 Å². The van der Waals surface area contributed by atoms with Crippen molar-refractivity contribution in [3.8, 4) is 5.95 Å². The van der Waals surface area contributed by atoms with Gasteiger partial charge in [0.2, 0.25) is 5.69 Å². The first-order valence-corrected chi connectivity index (χ1v) is 7.27. The number of hydrogen-bond acceptors (Lipinski definition) is 8. The van der Waals surface area contributed by atoms with Crippen molar-refractivity contribution in [2.75, 3.05) is 5.73 Å². The molecular weight excluding hydrogens is 314 g/mol. The largest absolute Gasteiger partial charge is 0.382 e. The fourth-order valence-corrected chi connectivity index (χ4v) is 2.52. The van der Waals surface area contributed by atoms with Crippen molar-refractivity contribution in [1.82, 2.24) is 24.1 Å². The lowest BCUT2D eigenvalue weighted by molar-refractivity contribution is 0.805. The van der Waals surface area contributed by atoms with E-state index in [-0.39, 0.29) is 5.82 Å². The third-order valence-electron chi connectivity index (χ3n) is 2.97. The standard InChI is InChI=1S/C13H11N9S/c1-7-9(18-19-12-10(15-3)8(2)21-23-12)11(14)22(20-7)13-16-5-4-6-17-13/h4-6H,14H2,1-2H3/b19-18+.